The van der Waals surface area contributed by atoms with Crippen molar-refractivity contribution >= 4 is 42.4 Å². The predicted octanol–water partition coefficient (Wildman–Crippen LogP) is 3.75. The number of carbonyl (C=O) groups excluding carboxylic acids is 1. The van der Waals surface area contributed by atoms with Crippen molar-refractivity contribution in [1.82, 2.24) is 4.98 Å². The highest BCUT2D eigenvalue weighted by Gasteiger charge is 2.15. The molecular formula is C19H20N2O5S2. The van der Waals surface area contributed by atoms with E-state index in [2.05, 4.69) is 10.3 Å². The van der Waals surface area contributed by atoms with Gasteiger partial charge in [-0.1, -0.05) is 11.3 Å². The van der Waals surface area contributed by atoms with Gasteiger partial charge in [-0.15, -0.1) is 0 Å². The van der Waals surface area contributed by atoms with Gasteiger partial charge in [-0.25, -0.2) is 13.4 Å². The molecule has 3 rings (SSSR count). The molecule has 0 aliphatic rings. The molecule has 0 atom stereocenters. The van der Waals surface area contributed by atoms with E-state index in [0.29, 0.717) is 45.6 Å². The Hall–Kier alpha value is -2.65. The molecule has 3 aromatic rings. The summed E-state index contributed by atoms with van der Waals surface area (Å²) in [5, 5.41) is 3.14. The Morgan fingerprint density at radius 2 is 1.79 bits per heavy atom. The molecule has 0 aliphatic heterocycles. The largest absolute Gasteiger partial charge is 0.490 e. The number of fused-ring (bicyclic) bond motifs is 1. The van der Waals surface area contributed by atoms with Crippen LogP contribution in [0.5, 0.6) is 11.5 Å². The topological polar surface area (TPSA) is 94.6 Å². The number of rotatable bonds is 7. The average molecular weight is 421 g/mol. The lowest BCUT2D eigenvalue weighted by molar-refractivity contribution is 0.102. The second-order valence-electron chi connectivity index (χ2n) is 5.90. The summed E-state index contributed by atoms with van der Waals surface area (Å²) in [4.78, 5) is 17.2. The number of nitrogens with zero attached hydrogens (tertiary/aromatic N) is 1. The molecule has 1 N–H and O–H groups in total. The number of aromatic nitrogens is 1. The smallest absolute Gasteiger partial charge is 0.257 e. The lowest BCUT2D eigenvalue weighted by Gasteiger charge is -2.12. The van der Waals surface area contributed by atoms with Gasteiger partial charge in [-0.2, -0.15) is 0 Å². The van der Waals surface area contributed by atoms with E-state index in [9.17, 15) is 13.2 Å². The molecule has 0 saturated heterocycles. The fourth-order valence-corrected chi connectivity index (χ4v) is 4.17. The van der Waals surface area contributed by atoms with E-state index in [1.807, 2.05) is 13.8 Å². The molecule has 0 spiro atoms. The summed E-state index contributed by atoms with van der Waals surface area (Å²) in [5.41, 5.74) is 1.03. The van der Waals surface area contributed by atoms with Crippen LogP contribution in [-0.4, -0.2) is 38.8 Å². The highest BCUT2D eigenvalue weighted by Crippen LogP contribution is 2.31. The van der Waals surface area contributed by atoms with Gasteiger partial charge in [-0.05, 0) is 50.2 Å². The number of thiazole rings is 1. The molecule has 1 amide bonds. The van der Waals surface area contributed by atoms with Gasteiger partial charge in [0, 0.05) is 11.8 Å². The van der Waals surface area contributed by atoms with E-state index in [4.69, 9.17) is 9.47 Å². The number of ether oxygens (including phenoxy) is 2. The summed E-state index contributed by atoms with van der Waals surface area (Å²) in [6.07, 6.45) is 1.15. The fourth-order valence-electron chi connectivity index (χ4n) is 2.55. The van der Waals surface area contributed by atoms with E-state index in [-0.39, 0.29) is 10.8 Å². The molecule has 0 saturated carbocycles. The Balaban J connectivity index is 1.85. The minimum Gasteiger partial charge on any atom is -0.490 e. The van der Waals surface area contributed by atoms with E-state index >= 15 is 0 Å². The zero-order valence-electron chi connectivity index (χ0n) is 15.7. The van der Waals surface area contributed by atoms with Gasteiger partial charge in [0.05, 0.1) is 28.3 Å². The first-order valence-corrected chi connectivity index (χ1v) is 11.3. The van der Waals surface area contributed by atoms with Crippen molar-refractivity contribution in [2.45, 2.75) is 18.7 Å². The molecule has 1 aromatic heterocycles. The first-order chi connectivity index (χ1) is 13.3. The lowest BCUT2D eigenvalue weighted by atomic mass is 10.2. The van der Waals surface area contributed by atoms with Crippen LogP contribution in [0.2, 0.25) is 0 Å². The number of carbonyl (C=O) groups is 1. The maximum Gasteiger partial charge on any atom is 0.257 e. The SMILES string of the molecule is CCOc1ccc(C(=O)Nc2nc3ccc(S(C)(=O)=O)cc3s2)cc1OCC. The van der Waals surface area contributed by atoms with Crippen molar-refractivity contribution < 1.29 is 22.7 Å². The normalized spacial score (nSPS) is 11.4. The number of anilines is 1. The van der Waals surface area contributed by atoms with Crippen LogP contribution >= 0.6 is 11.3 Å². The zero-order valence-corrected chi connectivity index (χ0v) is 17.3. The Kier molecular flexibility index (Phi) is 5.85. The molecule has 0 aliphatic carbocycles. The van der Waals surface area contributed by atoms with Gasteiger partial charge in [0.25, 0.3) is 5.91 Å². The van der Waals surface area contributed by atoms with Gasteiger partial charge in [-0.3, -0.25) is 10.1 Å². The summed E-state index contributed by atoms with van der Waals surface area (Å²) < 4.78 is 35.1. The summed E-state index contributed by atoms with van der Waals surface area (Å²) in [7, 11) is -3.30. The van der Waals surface area contributed by atoms with Crippen LogP contribution < -0.4 is 14.8 Å². The minimum atomic E-state index is -3.30. The Bertz CT molecular complexity index is 1120. The van der Waals surface area contributed by atoms with Crippen molar-refractivity contribution in [3.8, 4) is 11.5 Å². The molecule has 0 unspecified atom stereocenters. The van der Waals surface area contributed by atoms with Crippen LogP contribution in [0.3, 0.4) is 0 Å². The van der Waals surface area contributed by atoms with E-state index < -0.39 is 9.84 Å². The second-order valence-corrected chi connectivity index (χ2v) is 8.95. The molecule has 28 heavy (non-hydrogen) atoms. The molecule has 1 heterocycles. The third-order valence-corrected chi connectivity index (χ3v) is 5.86. The fraction of sp³-hybridized carbons (Fsp3) is 0.263. The number of amides is 1. The van der Waals surface area contributed by atoms with Crippen LogP contribution in [0.4, 0.5) is 5.13 Å². The molecule has 0 bridgehead atoms. The number of hydrogen-bond acceptors (Lipinski definition) is 7. The summed E-state index contributed by atoms with van der Waals surface area (Å²) >= 11 is 1.21. The van der Waals surface area contributed by atoms with Crippen LogP contribution in [0.1, 0.15) is 24.2 Å². The zero-order chi connectivity index (χ0) is 20.3. The quantitative estimate of drug-likeness (QED) is 0.626. The second kappa shape index (κ2) is 8.15. The van der Waals surface area contributed by atoms with Crippen LogP contribution in [0.25, 0.3) is 10.2 Å². The van der Waals surface area contributed by atoms with Crippen molar-refractivity contribution in [1.29, 1.82) is 0 Å². The monoisotopic (exact) mass is 420 g/mol. The molecule has 0 radical (unpaired) electrons. The van der Waals surface area contributed by atoms with E-state index in [0.717, 1.165) is 6.26 Å². The van der Waals surface area contributed by atoms with Gasteiger partial charge < -0.3 is 9.47 Å². The lowest BCUT2D eigenvalue weighted by Crippen LogP contribution is -2.12. The van der Waals surface area contributed by atoms with Gasteiger partial charge in [0.15, 0.2) is 26.5 Å². The summed E-state index contributed by atoms with van der Waals surface area (Å²) in [5.74, 6) is 0.736. The van der Waals surface area contributed by atoms with E-state index in [1.165, 1.54) is 17.4 Å². The number of hydrogen-bond donors (Lipinski definition) is 1. The summed E-state index contributed by atoms with van der Waals surface area (Å²) in [6, 6.07) is 9.66. The van der Waals surface area contributed by atoms with Crippen LogP contribution in [0, 0.1) is 0 Å². The van der Waals surface area contributed by atoms with Gasteiger partial charge >= 0.3 is 0 Å². The molecule has 148 valence electrons. The maximum absolute atomic E-state index is 12.6. The number of benzene rings is 2. The number of nitrogens with one attached hydrogen (secondary N) is 1. The number of sulfone groups is 1. The highest BCUT2D eigenvalue weighted by molar-refractivity contribution is 7.90. The maximum atomic E-state index is 12.6. The first-order valence-electron chi connectivity index (χ1n) is 8.63. The third kappa shape index (κ3) is 4.42. The summed E-state index contributed by atoms with van der Waals surface area (Å²) in [6.45, 7) is 4.67. The van der Waals surface area contributed by atoms with Crippen molar-refractivity contribution in [3.05, 3.63) is 42.0 Å². The molecule has 0 fully saturated rings. The highest BCUT2D eigenvalue weighted by atomic mass is 32.2. The first kappa shape index (κ1) is 20.1. The Morgan fingerprint density at radius 1 is 1.07 bits per heavy atom. The van der Waals surface area contributed by atoms with Crippen molar-refractivity contribution in [3.63, 3.8) is 0 Å². The molecule has 9 heteroatoms. The standard InChI is InChI=1S/C19H20N2O5S2/c1-4-25-15-9-6-12(10-16(15)26-5-2)18(22)21-19-20-14-8-7-13(28(3,23)24)11-17(14)27-19/h6-11H,4-5H2,1-3H3,(H,20,21,22). The van der Waals surface area contributed by atoms with Crippen molar-refractivity contribution in [2.75, 3.05) is 24.8 Å². The third-order valence-electron chi connectivity index (χ3n) is 3.81. The van der Waals surface area contributed by atoms with E-state index in [1.54, 1.807) is 30.3 Å². The average Bonchev–Trinajstić information content (AvgIpc) is 3.04. The molecule has 2 aromatic carbocycles. The predicted molar refractivity (Wildman–Crippen MR) is 109 cm³/mol. The molecule has 7 nitrogen and oxygen atoms in total. The van der Waals surface area contributed by atoms with Crippen LogP contribution in [0.15, 0.2) is 41.3 Å². The minimum absolute atomic E-state index is 0.217. The van der Waals surface area contributed by atoms with Gasteiger partial charge in [0.2, 0.25) is 0 Å². The van der Waals surface area contributed by atoms with Crippen LogP contribution in [-0.2, 0) is 9.84 Å². The Morgan fingerprint density at radius 3 is 2.46 bits per heavy atom. The Labute approximate surface area is 167 Å². The van der Waals surface area contributed by atoms with Crippen molar-refractivity contribution in [2.24, 2.45) is 0 Å². The molecular weight excluding hydrogens is 400 g/mol. The van der Waals surface area contributed by atoms with Gasteiger partial charge in [0.1, 0.15) is 0 Å².